The van der Waals surface area contributed by atoms with Gasteiger partial charge in [0.1, 0.15) is 0 Å². The molecular formula is C16H30O3. The maximum Gasteiger partial charge on any atom is 0.303 e. The number of aliphatic hydroxyl groups excluding tert-OH is 1. The molecule has 0 saturated carbocycles. The van der Waals surface area contributed by atoms with Crippen molar-refractivity contribution in [3.63, 3.8) is 0 Å². The van der Waals surface area contributed by atoms with Crippen LogP contribution < -0.4 is 0 Å². The molecule has 112 valence electrons. The molecule has 0 aliphatic heterocycles. The van der Waals surface area contributed by atoms with Gasteiger partial charge >= 0.3 is 5.97 Å². The second kappa shape index (κ2) is 13.6. The van der Waals surface area contributed by atoms with Crippen molar-refractivity contribution in [3.8, 4) is 0 Å². The van der Waals surface area contributed by atoms with E-state index in [1.54, 1.807) is 0 Å². The van der Waals surface area contributed by atoms with E-state index in [9.17, 15) is 9.90 Å². The second-order valence-electron chi connectivity index (χ2n) is 5.20. The highest BCUT2D eigenvalue weighted by molar-refractivity contribution is 5.66. The molecule has 0 bridgehead atoms. The van der Waals surface area contributed by atoms with Crippen molar-refractivity contribution >= 4 is 5.97 Å². The number of unbranched alkanes of at least 4 members (excludes halogenated alkanes) is 6. The topological polar surface area (TPSA) is 57.5 Å². The molecule has 0 heterocycles. The van der Waals surface area contributed by atoms with Crippen LogP contribution in [0.2, 0.25) is 0 Å². The van der Waals surface area contributed by atoms with E-state index < -0.39 is 5.97 Å². The van der Waals surface area contributed by atoms with E-state index in [0.29, 0.717) is 6.42 Å². The van der Waals surface area contributed by atoms with Crippen LogP contribution in [0.4, 0.5) is 0 Å². The third-order valence-corrected chi connectivity index (χ3v) is 3.23. The van der Waals surface area contributed by atoms with Crippen molar-refractivity contribution in [1.82, 2.24) is 0 Å². The molecule has 0 radical (unpaired) electrons. The van der Waals surface area contributed by atoms with Crippen LogP contribution in [0.3, 0.4) is 0 Å². The maximum absolute atomic E-state index is 10.3. The fourth-order valence-electron chi connectivity index (χ4n) is 2.00. The molecule has 0 aromatic heterocycles. The summed E-state index contributed by atoms with van der Waals surface area (Å²) in [5.41, 5.74) is 0. The number of rotatable bonds is 13. The number of carbonyl (C=O) groups is 1. The van der Waals surface area contributed by atoms with Crippen molar-refractivity contribution < 1.29 is 15.0 Å². The Kier molecular flexibility index (Phi) is 13.0. The van der Waals surface area contributed by atoms with Gasteiger partial charge in [0, 0.05) is 6.42 Å². The molecule has 0 fully saturated rings. The minimum Gasteiger partial charge on any atom is -0.481 e. The van der Waals surface area contributed by atoms with E-state index in [4.69, 9.17) is 5.11 Å². The summed E-state index contributed by atoms with van der Waals surface area (Å²) in [7, 11) is 0. The SMILES string of the molecule is CCCCC(O)C/C=C/CCCCCCCC(=O)O. The molecule has 0 aliphatic rings. The fraction of sp³-hybridized carbons (Fsp3) is 0.812. The van der Waals surface area contributed by atoms with Crippen LogP contribution in [0.25, 0.3) is 0 Å². The molecule has 2 N–H and O–H groups in total. The van der Waals surface area contributed by atoms with E-state index in [-0.39, 0.29) is 6.10 Å². The molecule has 0 spiro atoms. The lowest BCUT2D eigenvalue weighted by atomic mass is 10.1. The normalized spacial score (nSPS) is 12.9. The molecule has 0 aliphatic carbocycles. The number of allylic oxidation sites excluding steroid dienone is 1. The van der Waals surface area contributed by atoms with Crippen LogP contribution >= 0.6 is 0 Å². The number of carboxylic acid groups (broad SMARTS) is 1. The monoisotopic (exact) mass is 270 g/mol. The lowest BCUT2D eigenvalue weighted by Crippen LogP contribution is -2.03. The molecule has 1 unspecified atom stereocenters. The van der Waals surface area contributed by atoms with Crippen molar-refractivity contribution in [2.75, 3.05) is 0 Å². The van der Waals surface area contributed by atoms with Crippen LogP contribution in [-0.2, 0) is 4.79 Å². The van der Waals surface area contributed by atoms with Crippen molar-refractivity contribution in [3.05, 3.63) is 12.2 Å². The Morgan fingerprint density at radius 3 is 2.42 bits per heavy atom. The summed E-state index contributed by atoms with van der Waals surface area (Å²) in [6.07, 6.45) is 14.6. The standard InChI is InChI=1S/C16H30O3/c1-2-3-12-15(17)13-10-8-6-4-5-7-9-11-14-16(18)19/h8,10,15,17H,2-7,9,11-14H2,1H3,(H,18,19)/b10-8+. The third-order valence-electron chi connectivity index (χ3n) is 3.23. The Morgan fingerprint density at radius 2 is 1.74 bits per heavy atom. The molecule has 3 nitrogen and oxygen atoms in total. The van der Waals surface area contributed by atoms with Gasteiger partial charge in [-0.2, -0.15) is 0 Å². The van der Waals surface area contributed by atoms with Gasteiger partial charge in [-0.3, -0.25) is 4.79 Å². The number of hydrogen-bond acceptors (Lipinski definition) is 2. The summed E-state index contributed by atoms with van der Waals surface area (Å²) in [6.45, 7) is 2.14. The minimum atomic E-state index is -0.690. The first-order chi connectivity index (χ1) is 9.16. The molecule has 0 aromatic rings. The quantitative estimate of drug-likeness (QED) is 0.387. The average molecular weight is 270 g/mol. The van der Waals surface area contributed by atoms with Gasteiger partial charge in [-0.15, -0.1) is 0 Å². The summed E-state index contributed by atoms with van der Waals surface area (Å²) in [4.78, 5) is 10.3. The summed E-state index contributed by atoms with van der Waals surface area (Å²) >= 11 is 0. The highest BCUT2D eigenvalue weighted by atomic mass is 16.4. The van der Waals surface area contributed by atoms with Crippen LogP contribution in [0.5, 0.6) is 0 Å². The molecule has 19 heavy (non-hydrogen) atoms. The molecule has 0 amide bonds. The Hall–Kier alpha value is -0.830. The molecule has 3 heteroatoms. The zero-order valence-corrected chi connectivity index (χ0v) is 12.3. The first kappa shape index (κ1) is 18.2. The Bertz CT molecular complexity index is 236. The summed E-state index contributed by atoms with van der Waals surface area (Å²) in [5.74, 6) is -0.690. The van der Waals surface area contributed by atoms with E-state index in [0.717, 1.165) is 57.8 Å². The highest BCUT2D eigenvalue weighted by Crippen LogP contribution is 2.09. The van der Waals surface area contributed by atoms with Crippen molar-refractivity contribution in [2.45, 2.75) is 83.7 Å². The van der Waals surface area contributed by atoms with Crippen LogP contribution in [0.1, 0.15) is 77.6 Å². The fourth-order valence-corrected chi connectivity index (χ4v) is 2.00. The second-order valence-corrected chi connectivity index (χ2v) is 5.20. The van der Waals surface area contributed by atoms with E-state index in [1.165, 1.54) is 6.42 Å². The Balaban J connectivity index is 3.22. The van der Waals surface area contributed by atoms with Crippen LogP contribution in [-0.4, -0.2) is 22.3 Å². The summed E-state index contributed by atoms with van der Waals surface area (Å²) in [6, 6.07) is 0. The van der Waals surface area contributed by atoms with Gasteiger partial charge in [-0.25, -0.2) is 0 Å². The first-order valence-corrected chi connectivity index (χ1v) is 7.71. The molecule has 0 saturated heterocycles. The first-order valence-electron chi connectivity index (χ1n) is 7.71. The van der Waals surface area contributed by atoms with Gasteiger partial charge < -0.3 is 10.2 Å². The number of hydrogen-bond donors (Lipinski definition) is 2. The lowest BCUT2D eigenvalue weighted by molar-refractivity contribution is -0.137. The molecular weight excluding hydrogens is 240 g/mol. The molecule has 0 aromatic carbocycles. The zero-order chi connectivity index (χ0) is 14.3. The van der Waals surface area contributed by atoms with Crippen molar-refractivity contribution in [2.24, 2.45) is 0 Å². The third kappa shape index (κ3) is 15.1. The van der Waals surface area contributed by atoms with Gasteiger partial charge in [0.05, 0.1) is 6.10 Å². The predicted octanol–water partition coefficient (Wildman–Crippen LogP) is 4.30. The summed E-state index contributed by atoms with van der Waals surface area (Å²) < 4.78 is 0. The van der Waals surface area contributed by atoms with E-state index in [1.807, 2.05) is 0 Å². The summed E-state index contributed by atoms with van der Waals surface area (Å²) in [5, 5.41) is 18.1. The molecule has 0 rings (SSSR count). The number of carboxylic acids is 1. The predicted molar refractivity (Wildman–Crippen MR) is 79.2 cm³/mol. The Morgan fingerprint density at radius 1 is 1.05 bits per heavy atom. The van der Waals surface area contributed by atoms with Gasteiger partial charge in [0.2, 0.25) is 0 Å². The Labute approximate surface area is 117 Å². The van der Waals surface area contributed by atoms with Crippen LogP contribution in [0.15, 0.2) is 12.2 Å². The minimum absolute atomic E-state index is 0.174. The van der Waals surface area contributed by atoms with E-state index in [2.05, 4.69) is 19.1 Å². The van der Waals surface area contributed by atoms with E-state index >= 15 is 0 Å². The average Bonchev–Trinajstić information content (AvgIpc) is 2.38. The maximum atomic E-state index is 10.3. The van der Waals surface area contributed by atoms with Crippen LogP contribution in [0, 0.1) is 0 Å². The van der Waals surface area contributed by atoms with Crippen molar-refractivity contribution in [1.29, 1.82) is 0 Å². The number of aliphatic hydroxyl groups is 1. The van der Waals surface area contributed by atoms with Gasteiger partial charge in [0.15, 0.2) is 0 Å². The lowest BCUT2D eigenvalue weighted by Gasteiger charge is -2.05. The van der Waals surface area contributed by atoms with Gasteiger partial charge in [-0.1, -0.05) is 51.2 Å². The van der Waals surface area contributed by atoms with Gasteiger partial charge in [-0.05, 0) is 32.1 Å². The zero-order valence-electron chi connectivity index (χ0n) is 12.3. The molecule has 1 atom stereocenters. The number of aliphatic carboxylic acids is 1. The largest absolute Gasteiger partial charge is 0.481 e. The van der Waals surface area contributed by atoms with Gasteiger partial charge in [0.25, 0.3) is 0 Å². The highest BCUT2D eigenvalue weighted by Gasteiger charge is 1.99. The smallest absolute Gasteiger partial charge is 0.303 e.